The fourth-order valence-corrected chi connectivity index (χ4v) is 9.86. The SMILES string of the molecule is CC1(C)c2ccccc2-c2c(N(c3ccc4c5ccccc5n(-c5ccccc5)c4c3)c3ccc(-c4ccc5ccccc5c4)c4oc5ccccc5c34)cccc21. The van der Waals surface area contributed by atoms with Crippen molar-refractivity contribution in [3.8, 4) is 27.9 Å². The van der Waals surface area contributed by atoms with Gasteiger partial charge in [0, 0.05) is 44.1 Å². The van der Waals surface area contributed by atoms with Crippen molar-refractivity contribution in [1.82, 2.24) is 4.57 Å². The molecule has 0 radical (unpaired) electrons. The molecule has 0 atom stereocenters. The van der Waals surface area contributed by atoms with Crippen LogP contribution < -0.4 is 4.90 Å². The summed E-state index contributed by atoms with van der Waals surface area (Å²) in [4.78, 5) is 2.50. The Morgan fingerprint density at radius 1 is 0.483 bits per heavy atom. The van der Waals surface area contributed by atoms with Crippen LogP contribution in [0.15, 0.2) is 199 Å². The van der Waals surface area contributed by atoms with Crippen molar-refractivity contribution in [2.45, 2.75) is 19.3 Å². The molecule has 3 nitrogen and oxygen atoms in total. The van der Waals surface area contributed by atoms with Crippen LogP contribution in [0.2, 0.25) is 0 Å². The van der Waals surface area contributed by atoms with Crippen LogP contribution in [-0.4, -0.2) is 4.57 Å². The van der Waals surface area contributed by atoms with Crippen LogP contribution in [-0.2, 0) is 5.41 Å². The van der Waals surface area contributed by atoms with Gasteiger partial charge in [-0.1, -0.05) is 147 Å². The first-order chi connectivity index (χ1) is 28.5. The van der Waals surface area contributed by atoms with Crippen molar-refractivity contribution in [3.05, 3.63) is 205 Å². The van der Waals surface area contributed by atoms with Crippen molar-refractivity contribution in [2.75, 3.05) is 4.90 Å². The molecule has 12 rings (SSSR count). The highest BCUT2D eigenvalue weighted by molar-refractivity contribution is 6.18. The lowest BCUT2D eigenvalue weighted by Crippen LogP contribution is -2.16. The van der Waals surface area contributed by atoms with E-state index in [0.717, 1.165) is 61.3 Å². The van der Waals surface area contributed by atoms with Crippen molar-refractivity contribution < 1.29 is 4.42 Å². The Hall–Kier alpha value is -7.36. The third kappa shape index (κ3) is 4.68. The Balaban J connectivity index is 1.19. The topological polar surface area (TPSA) is 21.3 Å². The van der Waals surface area contributed by atoms with Gasteiger partial charge in [0.15, 0.2) is 0 Å². The third-order valence-corrected chi connectivity index (χ3v) is 12.6. The maximum atomic E-state index is 6.95. The molecule has 58 heavy (non-hydrogen) atoms. The lowest BCUT2D eigenvalue weighted by Gasteiger charge is -2.30. The first-order valence-electron chi connectivity index (χ1n) is 20.1. The van der Waals surface area contributed by atoms with E-state index in [1.54, 1.807) is 0 Å². The molecule has 0 aliphatic heterocycles. The molecule has 0 N–H and O–H groups in total. The lowest BCUT2D eigenvalue weighted by atomic mass is 9.82. The summed E-state index contributed by atoms with van der Waals surface area (Å²) in [6.07, 6.45) is 0. The standard InChI is InChI=1S/C55H38N2O/c1-55(2)45-22-11-8-20-43(45)52-46(55)23-14-25-48(52)57(39-29-30-42-41-19-9-12-24-47(41)56(50(42)34-39)38-17-4-3-5-18-38)49-32-31-40(37-28-27-35-15-6-7-16-36(35)33-37)54-53(49)44-21-10-13-26-51(44)58-54/h3-34H,1-2H3. The van der Waals surface area contributed by atoms with Gasteiger partial charge in [-0.15, -0.1) is 0 Å². The number of anilines is 3. The number of hydrogen-bond acceptors (Lipinski definition) is 2. The summed E-state index contributed by atoms with van der Waals surface area (Å²) in [6, 6.07) is 70.6. The number of para-hydroxylation sites is 3. The summed E-state index contributed by atoms with van der Waals surface area (Å²) < 4.78 is 9.36. The minimum Gasteiger partial charge on any atom is -0.455 e. The average Bonchev–Trinajstić information content (AvgIpc) is 3.90. The summed E-state index contributed by atoms with van der Waals surface area (Å²) in [6.45, 7) is 4.71. The Morgan fingerprint density at radius 3 is 2.10 bits per heavy atom. The predicted molar refractivity (Wildman–Crippen MR) is 243 cm³/mol. The van der Waals surface area contributed by atoms with Crippen LogP contribution >= 0.6 is 0 Å². The monoisotopic (exact) mass is 742 g/mol. The van der Waals surface area contributed by atoms with Gasteiger partial charge < -0.3 is 13.9 Å². The fraction of sp³-hybridized carbons (Fsp3) is 0.0545. The van der Waals surface area contributed by atoms with Crippen LogP contribution in [0.25, 0.3) is 82.5 Å². The molecule has 9 aromatic carbocycles. The van der Waals surface area contributed by atoms with Gasteiger partial charge in [-0.05, 0) is 93.7 Å². The first-order valence-corrected chi connectivity index (χ1v) is 20.1. The maximum absolute atomic E-state index is 6.95. The Bertz CT molecular complexity index is 3440. The zero-order chi connectivity index (χ0) is 38.5. The van der Waals surface area contributed by atoms with Crippen LogP contribution in [0, 0.1) is 0 Å². The van der Waals surface area contributed by atoms with Crippen molar-refractivity contribution in [3.63, 3.8) is 0 Å². The molecule has 2 aromatic heterocycles. The van der Waals surface area contributed by atoms with Gasteiger partial charge in [0.05, 0.1) is 27.8 Å². The largest absolute Gasteiger partial charge is 0.455 e. The van der Waals surface area contributed by atoms with Gasteiger partial charge in [0.1, 0.15) is 11.2 Å². The van der Waals surface area contributed by atoms with Crippen LogP contribution in [0.4, 0.5) is 17.1 Å². The quantitative estimate of drug-likeness (QED) is 0.175. The molecular formula is C55H38N2O. The van der Waals surface area contributed by atoms with E-state index in [-0.39, 0.29) is 5.41 Å². The number of rotatable bonds is 5. The van der Waals surface area contributed by atoms with E-state index in [1.165, 1.54) is 49.3 Å². The van der Waals surface area contributed by atoms with Crippen LogP contribution in [0.5, 0.6) is 0 Å². The minimum absolute atomic E-state index is 0.158. The highest BCUT2D eigenvalue weighted by Crippen LogP contribution is 2.56. The fourth-order valence-electron chi connectivity index (χ4n) is 9.86. The molecule has 0 fully saturated rings. The third-order valence-electron chi connectivity index (χ3n) is 12.6. The van der Waals surface area contributed by atoms with Crippen LogP contribution in [0.1, 0.15) is 25.0 Å². The van der Waals surface area contributed by atoms with E-state index in [0.29, 0.717) is 0 Å². The van der Waals surface area contributed by atoms with Crippen LogP contribution in [0.3, 0.4) is 0 Å². The Labute approximate surface area is 336 Å². The first kappa shape index (κ1) is 32.8. The van der Waals surface area contributed by atoms with E-state index < -0.39 is 0 Å². The highest BCUT2D eigenvalue weighted by atomic mass is 16.3. The van der Waals surface area contributed by atoms with Crippen molar-refractivity contribution >= 4 is 71.6 Å². The van der Waals surface area contributed by atoms with Gasteiger partial charge >= 0.3 is 0 Å². The Kier molecular flexibility index (Phi) is 6.98. The summed E-state index contributed by atoms with van der Waals surface area (Å²) in [5.41, 5.74) is 15.8. The summed E-state index contributed by atoms with van der Waals surface area (Å²) in [5, 5.41) is 7.07. The number of benzene rings is 9. The van der Waals surface area contributed by atoms with E-state index in [1.807, 2.05) is 0 Å². The molecule has 0 spiro atoms. The Morgan fingerprint density at radius 2 is 1.21 bits per heavy atom. The number of aromatic nitrogens is 1. The molecule has 11 aromatic rings. The molecule has 3 heteroatoms. The van der Waals surface area contributed by atoms with Gasteiger partial charge in [-0.3, -0.25) is 0 Å². The number of furan rings is 1. The molecule has 0 unspecified atom stereocenters. The summed E-state index contributed by atoms with van der Waals surface area (Å²) in [5.74, 6) is 0. The molecule has 1 aliphatic rings. The smallest absolute Gasteiger partial charge is 0.145 e. The van der Waals surface area contributed by atoms with Crippen molar-refractivity contribution in [2.24, 2.45) is 0 Å². The molecule has 0 amide bonds. The zero-order valence-corrected chi connectivity index (χ0v) is 32.3. The number of fused-ring (bicyclic) bond motifs is 10. The van der Waals surface area contributed by atoms with Gasteiger partial charge in [0.25, 0.3) is 0 Å². The molecule has 1 aliphatic carbocycles. The lowest BCUT2D eigenvalue weighted by molar-refractivity contribution is 0.660. The molecular weight excluding hydrogens is 705 g/mol. The molecule has 2 heterocycles. The van der Waals surface area contributed by atoms with Gasteiger partial charge in [-0.25, -0.2) is 0 Å². The molecule has 0 bridgehead atoms. The van der Waals surface area contributed by atoms with Crippen molar-refractivity contribution in [1.29, 1.82) is 0 Å². The molecule has 274 valence electrons. The highest BCUT2D eigenvalue weighted by Gasteiger charge is 2.38. The van der Waals surface area contributed by atoms with E-state index in [9.17, 15) is 0 Å². The maximum Gasteiger partial charge on any atom is 0.145 e. The number of hydrogen-bond donors (Lipinski definition) is 0. The second kappa shape index (κ2) is 12.3. The second-order valence-corrected chi connectivity index (χ2v) is 16.1. The van der Waals surface area contributed by atoms with Gasteiger partial charge in [-0.2, -0.15) is 0 Å². The second-order valence-electron chi connectivity index (χ2n) is 16.1. The van der Waals surface area contributed by atoms with Gasteiger partial charge in [0.2, 0.25) is 0 Å². The normalized spacial score (nSPS) is 13.1. The van der Waals surface area contributed by atoms with E-state index in [4.69, 9.17) is 4.42 Å². The van der Waals surface area contributed by atoms with E-state index in [2.05, 4.69) is 217 Å². The summed E-state index contributed by atoms with van der Waals surface area (Å²) in [7, 11) is 0. The zero-order valence-electron chi connectivity index (χ0n) is 32.3. The van der Waals surface area contributed by atoms with E-state index >= 15 is 0 Å². The number of nitrogens with zero attached hydrogens (tertiary/aromatic N) is 2. The summed E-state index contributed by atoms with van der Waals surface area (Å²) >= 11 is 0. The average molecular weight is 743 g/mol. The molecule has 0 saturated carbocycles. The predicted octanol–water partition coefficient (Wildman–Crippen LogP) is 15.3. The molecule has 0 saturated heterocycles. The minimum atomic E-state index is -0.158.